The molecule has 1 fully saturated rings. The first kappa shape index (κ1) is 26.1. The van der Waals surface area contributed by atoms with Crippen LogP contribution in [0, 0.1) is 0 Å². The molecule has 0 saturated carbocycles. The highest BCUT2D eigenvalue weighted by atomic mass is 16.6. The number of phenols is 1. The second-order valence-electron chi connectivity index (χ2n) is 8.43. The molecule has 196 valence electrons. The average molecular weight is 516 g/mol. The van der Waals surface area contributed by atoms with Crippen molar-refractivity contribution in [2.45, 2.75) is 36.9 Å². The lowest BCUT2D eigenvalue weighted by Crippen LogP contribution is -2.60. The van der Waals surface area contributed by atoms with E-state index in [9.17, 15) is 34.8 Å². The van der Waals surface area contributed by atoms with Gasteiger partial charge in [0.2, 0.25) is 0 Å². The number of hydrogen-bond donors (Lipinski definition) is 5. The SMILES string of the molecule is O=C(O)CC(=O)OCC1O[C@@H](COc2ccc3c(=O)c(-c4ccc(O)cc4)coc3c2)C(O)C(O)[C@@H]1O. The molecular formula is C25H24O12. The molecular weight excluding hydrogens is 492 g/mol. The van der Waals surface area contributed by atoms with E-state index in [0.29, 0.717) is 11.1 Å². The van der Waals surface area contributed by atoms with Gasteiger partial charge in [-0.3, -0.25) is 14.4 Å². The number of carbonyl (C=O) groups excluding carboxylic acids is 1. The fourth-order valence-corrected chi connectivity index (χ4v) is 3.87. The van der Waals surface area contributed by atoms with Crippen molar-refractivity contribution in [2.75, 3.05) is 13.2 Å². The standard InChI is InChI=1S/C25H24O12/c26-13-3-1-12(2-4-13)16-9-35-17-7-14(5-6-15(17)22(16)30)34-10-18-23(31)25(33)24(32)19(37-18)11-36-21(29)8-20(27)28/h1-7,9,18-19,23-26,31-33H,8,10-11H2,(H,27,28)/t18-,19?,23?,24+,25?/m0/s1. The van der Waals surface area contributed by atoms with Crippen molar-refractivity contribution >= 4 is 22.9 Å². The second kappa shape index (κ2) is 11.0. The fraction of sp³-hybridized carbons (Fsp3) is 0.320. The number of hydrogen-bond acceptors (Lipinski definition) is 11. The summed E-state index contributed by atoms with van der Waals surface area (Å²) in [5.41, 5.74) is 0.819. The van der Waals surface area contributed by atoms with Gasteiger partial charge in [-0.25, -0.2) is 0 Å². The number of carboxylic acids is 1. The van der Waals surface area contributed by atoms with E-state index in [1.54, 1.807) is 12.1 Å². The molecule has 0 radical (unpaired) electrons. The lowest BCUT2D eigenvalue weighted by Gasteiger charge is -2.40. The molecule has 3 unspecified atom stereocenters. The van der Waals surface area contributed by atoms with Crippen LogP contribution in [0.4, 0.5) is 0 Å². The third kappa shape index (κ3) is 5.89. The Labute approximate surface area is 208 Å². The maximum atomic E-state index is 12.9. The summed E-state index contributed by atoms with van der Waals surface area (Å²) < 4.78 is 21.6. The van der Waals surface area contributed by atoms with Crippen molar-refractivity contribution in [1.82, 2.24) is 0 Å². The van der Waals surface area contributed by atoms with Crippen LogP contribution in [0.25, 0.3) is 22.1 Å². The molecule has 0 bridgehead atoms. The number of aliphatic hydroxyl groups is 3. The minimum atomic E-state index is -1.64. The molecule has 1 aliphatic rings. The maximum Gasteiger partial charge on any atom is 0.317 e. The van der Waals surface area contributed by atoms with Crippen molar-refractivity contribution < 1.29 is 53.7 Å². The van der Waals surface area contributed by atoms with Gasteiger partial charge < -0.3 is 44.2 Å². The molecule has 5 atom stereocenters. The molecule has 12 nitrogen and oxygen atoms in total. The summed E-state index contributed by atoms with van der Waals surface area (Å²) in [7, 11) is 0. The number of aromatic hydroxyl groups is 1. The van der Waals surface area contributed by atoms with Gasteiger partial charge >= 0.3 is 11.9 Å². The first-order chi connectivity index (χ1) is 17.6. The topological polar surface area (TPSA) is 193 Å². The van der Waals surface area contributed by atoms with Crippen LogP contribution in [0.3, 0.4) is 0 Å². The summed E-state index contributed by atoms with van der Waals surface area (Å²) in [5, 5.41) is 48.9. The van der Waals surface area contributed by atoms with Gasteiger partial charge in [-0.05, 0) is 29.8 Å². The molecule has 1 aromatic heterocycles. The Balaban J connectivity index is 1.44. The van der Waals surface area contributed by atoms with E-state index in [-0.39, 0.29) is 34.5 Å². The summed E-state index contributed by atoms with van der Waals surface area (Å²) in [6.45, 7) is -0.829. The quantitative estimate of drug-likeness (QED) is 0.205. The molecule has 37 heavy (non-hydrogen) atoms. The van der Waals surface area contributed by atoms with Crippen LogP contribution in [0.1, 0.15) is 6.42 Å². The minimum Gasteiger partial charge on any atom is -0.508 e. The molecule has 4 rings (SSSR count). The Bertz CT molecular complexity index is 1330. The molecule has 0 aliphatic carbocycles. The highest BCUT2D eigenvalue weighted by molar-refractivity contribution is 5.90. The number of fused-ring (bicyclic) bond motifs is 1. The number of carbonyl (C=O) groups is 2. The van der Waals surface area contributed by atoms with Crippen LogP contribution in [-0.2, 0) is 19.1 Å². The number of esters is 1. The molecule has 1 saturated heterocycles. The van der Waals surface area contributed by atoms with Gasteiger partial charge in [-0.2, -0.15) is 0 Å². The smallest absolute Gasteiger partial charge is 0.317 e. The molecule has 5 N–H and O–H groups in total. The van der Waals surface area contributed by atoms with Gasteiger partial charge in [0.25, 0.3) is 0 Å². The van der Waals surface area contributed by atoms with E-state index in [1.807, 2.05) is 0 Å². The molecule has 0 amide bonds. The number of aliphatic hydroxyl groups excluding tert-OH is 3. The van der Waals surface area contributed by atoms with Crippen LogP contribution in [0.2, 0.25) is 0 Å². The summed E-state index contributed by atoms with van der Waals surface area (Å²) in [6.07, 6.45) is -6.73. The van der Waals surface area contributed by atoms with E-state index in [1.165, 1.54) is 36.6 Å². The largest absolute Gasteiger partial charge is 0.508 e. The summed E-state index contributed by atoms with van der Waals surface area (Å²) >= 11 is 0. The average Bonchev–Trinajstić information content (AvgIpc) is 2.87. The van der Waals surface area contributed by atoms with Gasteiger partial charge in [0, 0.05) is 6.07 Å². The van der Waals surface area contributed by atoms with E-state index in [4.69, 9.17) is 23.7 Å². The monoisotopic (exact) mass is 516 g/mol. The normalized spacial score (nSPS) is 23.5. The number of aliphatic carboxylic acids is 1. The zero-order valence-electron chi connectivity index (χ0n) is 19.2. The summed E-state index contributed by atoms with van der Waals surface area (Å²) in [6, 6.07) is 10.6. The number of ether oxygens (including phenoxy) is 3. The summed E-state index contributed by atoms with van der Waals surface area (Å²) in [4.78, 5) is 35.0. The fourth-order valence-electron chi connectivity index (χ4n) is 3.87. The van der Waals surface area contributed by atoms with Gasteiger partial charge in [0.15, 0.2) is 5.43 Å². The molecule has 0 spiro atoms. The first-order valence-electron chi connectivity index (χ1n) is 11.2. The van der Waals surface area contributed by atoms with Gasteiger partial charge in [-0.15, -0.1) is 0 Å². The molecule has 2 heterocycles. The lowest BCUT2D eigenvalue weighted by molar-refractivity contribution is -0.236. The number of rotatable bonds is 8. The van der Waals surface area contributed by atoms with Crippen LogP contribution in [-0.4, -0.2) is 81.2 Å². The van der Waals surface area contributed by atoms with Gasteiger partial charge in [0.05, 0.1) is 10.9 Å². The number of phenolic OH excluding ortho intramolecular Hbond substituents is 1. The lowest BCUT2D eigenvalue weighted by atomic mass is 9.95. The van der Waals surface area contributed by atoms with Crippen molar-refractivity contribution in [3.63, 3.8) is 0 Å². The molecule has 12 heteroatoms. The van der Waals surface area contributed by atoms with E-state index < -0.39 is 55.5 Å². The minimum absolute atomic E-state index is 0.0651. The third-order valence-corrected chi connectivity index (χ3v) is 5.85. The Morgan fingerprint density at radius 2 is 1.59 bits per heavy atom. The van der Waals surface area contributed by atoms with Crippen LogP contribution in [0.5, 0.6) is 11.5 Å². The molecule has 3 aromatic rings. The van der Waals surface area contributed by atoms with Crippen LogP contribution >= 0.6 is 0 Å². The van der Waals surface area contributed by atoms with Gasteiger partial charge in [0.1, 0.15) is 73.5 Å². The first-order valence-corrected chi connectivity index (χ1v) is 11.2. The zero-order valence-corrected chi connectivity index (χ0v) is 19.2. The number of carboxylic acid groups (broad SMARTS) is 1. The van der Waals surface area contributed by atoms with Gasteiger partial charge in [-0.1, -0.05) is 12.1 Å². The number of benzene rings is 2. The van der Waals surface area contributed by atoms with E-state index >= 15 is 0 Å². The van der Waals surface area contributed by atoms with Crippen LogP contribution < -0.4 is 10.2 Å². The van der Waals surface area contributed by atoms with Crippen molar-refractivity contribution in [3.05, 3.63) is 59.0 Å². The highest BCUT2D eigenvalue weighted by Crippen LogP contribution is 2.26. The Kier molecular flexibility index (Phi) is 7.74. The second-order valence-corrected chi connectivity index (χ2v) is 8.43. The van der Waals surface area contributed by atoms with Crippen LogP contribution in [0.15, 0.2) is 57.9 Å². The predicted octanol–water partition coefficient (Wildman–Crippen LogP) is 0.412. The van der Waals surface area contributed by atoms with Crippen molar-refractivity contribution in [2.24, 2.45) is 0 Å². The van der Waals surface area contributed by atoms with E-state index in [0.717, 1.165) is 0 Å². The maximum absolute atomic E-state index is 12.9. The Hall–Kier alpha value is -3.97. The highest BCUT2D eigenvalue weighted by Gasteiger charge is 2.44. The predicted molar refractivity (Wildman–Crippen MR) is 125 cm³/mol. The van der Waals surface area contributed by atoms with Crippen molar-refractivity contribution in [1.29, 1.82) is 0 Å². The third-order valence-electron chi connectivity index (χ3n) is 5.85. The molecule has 2 aromatic carbocycles. The van der Waals surface area contributed by atoms with E-state index in [2.05, 4.69) is 0 Å². The summed E-state index contributed by atoms with van der Waals surface area (Å²) in [5.74, 6) is -2.12. The Morgan fingerprint density at radius 1 is 0.919 bits per heavy atom. The zero-order chi connectivity index (χ0) is 26.7. The molecule has 1 aliphatic heterocycles. The Morgan fingerprint density at radius 3 is 2.27 bits per heavy atom. The van der Waals surface area contributed by atoms with Crippen molar-refractivity contribution in [3.8, 4) is 22.6 Å².